The zero-order chi connectivity index (χ0) is 13.0. The zero-order valence-corrected chi connectivity index (χ0v) is 11.3. The highest BCUT2D eigenvalue weighted by Crippen LogP contribution is 2.17. The van der Waals surface area contributed by atoms with E-state index in [0.29, 0.717) is 11.4 Å². The first-order valence-electron chi connectivity index (χ1n) is 5.76. The molecule has 1 amide bonds. The van der Waals surface area contributed by atoms with Gasteiger partial charge in [-0.3, -0.25) is 4.79 Å². The summed E-state index contributed by atoms with van der Waals surface area (Å²) in [6.07, 6.45) is 0.853. The third-order valence-electron chi connectivity index (χ3n) is 2.53. The van der Waals surface area contributed by atoms with Crippen LogP contribution in [0.2, 0.25) is 0 Å². The quantitative estimate of drug-likeness (QED) is 0.818. The van der Waals surface area contributed by atoms with Gasteiger partial charge in [-0.25, -0.2) is 4.39 Å². The molecule has 94 valence electrons. The Labute approximate surface area is 107 Å². The number of nitrogens with zero attached hydrogens (tertiary/aromatic N) is 1. The predicted octanol–water partition coefficient (Wildman–Crippen LogP) is 3.38. The number of rotatable bonds is 4. The van der Waals surface area contributed by atoms with Crippen LogP contribution in [0.1, 0.15) is 37.6 Å². The van der Waals surface area contributed by atoms with Crippen LogP contribution >= 0.6 is 12.6 Å². The van der Waals surface area contributed by atoms with Crippen LogP contribution in [0.25, 0.3) is 0 Å². The van der Waals surface area contributed by atoms with E-state index in [9.17, 15) is 9.18 Å². The summed E-state index contributed by atoms with van der Waals surface area (Å²) < 4.78 is 13.6. The van der Waals surface area contributed by atoms with Gasteiger partial charge in [-0.15, -0.1) is 12.6 Å². The summed E-state index contributed by atoms with van der Waals surface area (Å²) in [5, 5.41) is 0. The maximum Gasteiger partial charge on any atom is 0.257 e. The number of halogens is 1. The normalized spacial score (nSPS) is 10.7. The first kappa shape index (κ1) is 14.0. The summed E-state index contributed by atoms with van der Waals surface area (Å²) >= 11 is 4.13. The van der Waals surface area contributed by atoms with Crippen molar-refractivity contribution in [2.45, 2.75) is 38.1 Å². The molecule has 1 rings (SSSR count). The summed E-state index contributed by atoms with van der Waals surface area (Å²) in [5.41, 5.74) is 0.0969. The molecule has 0 fully saturated rings. The minimum atomic E-state index is -0.491. The van der Waals surface area contributed by atoms with Crippen LogP contribution in [0.3, 0.4) is 0 Å². The Balaban J connectivity index is 3.04. The Bertz CT molecular complexity index is 406. The smallest absolute Gasteiger partial charge is 0.257 e. The molecule has 0 spiro atoms. The molecule has 0 saturated carbocycles. The molecular formula is C13H18FNOS. The molecule has 0 heterocycles. The SMILES string of the molecule is CCCN(C(=O)c1cc(S)ccc1F)C(C)C. The molecule has 17 heavy (non-hydrogen) atoms. The van der Waals surface area contributed by atoms with E-state index >= 15 is 0 Å². The molecule has 2 nitrogen and oxygen atoms in total. The van der Waals surface area contributed by atoms with Gasteiger partial charge in [0.25, 0.3) is 5.91 Å². The minimum absolute atomic E-state index is 0.0606. The summed E-state index contributed by atoms with van der Waals surface area (Å²) in [5.74, 6) is -0.759. The topological polar surface area (TPSA) is 20.3 Å². The largest absolute Gasteiger partial charge is 0.336 e. The molecule has 1 aromatic carbocycles. The fraction of sp³-hybridized carbons (Fsp3) is 0.462. The van der Waals surface area contributed by atoms with Crippen LogP contribution in [-0.2, 0) is 0 Å². The van der Waals surface area contributed by atoms with Crippen molar-refractivity contribution in [3.8, 4) is 0 Å². The highest BCUT2D eigenvalue weighted by atomic mass is 32.1. The maximum atomic E-state index is 13.6. The third-order valence-corrected chi connectivity index (χ3v) is 2.81. The van der Waals surface area contributed by atoms with E-state index in [1.807, 2.05) is 20.8 Å². The van der Waals surface area contributed by atoms with Crippen LogP contribution in [0.15, 0.2) is 23.1 Å². The molecule has 0 aliphatic heterocycles. The molecule has 4 heteroatoms. The monoisotopic (exact) mass is 255 g/mol. The molecule has 0 bridgehead atoms. The van der Waals surface area contributed by atoms with Crippen LogP contribution in [-0.4, -0.2) is 23.4 Å². The van der Waals surface area contributed by atoms with Gasteiger partial charge in [0.05, 0.1) is 5.56 Å². The molecule has 0 aliphatic carbocycles. The number of carbonyl (C=O) groups excluding carboxylic acids is 1. The molecule has 0 aromatic heterocycles. The van der Waals surface area contributed by atoms with Gasteiger partial charge < -0.3 is 4.90 Å². The van der Waals surface area contributed by atoms with Gasteiger partial charge in [-0.2, -0.15) is 0 Å². The molecule has 0 atom stereocenters. The number of amides is 1. The lowest BCUT2D eigenvalue weighted by Gasteiger charge is -2.26. The van der Waals surface area contributed by atoms with E-state index < -0.39 is 5.82 Å². The second kappa shape index (κ2) is 6.05. The van der Waals surface area contributed by atoms with Crippen LogP contribution in [0.5, 0.6) is 0 Å². The second-order valence-corrected chi connectivity index (χ2v) is 4.77. The summed E-state index contributed by atoms with van der Waals surface area (Å²) in [6.45, 7) is 6.48. The molecular weight excluding hydrogens is 237 g/mol. The molecule has 1 aromatic rings. The Morgan fingerprint density at radius 3 is 2.65 bits per heavy atom. The van der Waals surface area contributed by atoms with Crippen molar-refractivity contribution in [1.82, 2.24) is 4.90 Å². The lowest BCUT2D eigenvalue weighted by Crippen LogP contribution is -2.38. The summed E-state index contributed by atoms with van der Waals surface area (Å²) in [6, 6.07) is 4.35. The molecule has 0 radical (unpaired) electrons. The average Bonchev–Trinajstić information content (AvgIpc) is 2.28. The zero-order valence-electron chi connectivity index (χ0n) is 10.4. The lowest BCUT2D eigenvalue weighted by molar-refractivity contribution is 0.0701. The average molecular weight is 255 g/mol. The fourth-order valence-corrected chi connectivity index (χ4v) is 1.87. The van der Waals surface area contributed by atoms with Gasteiger partial charge in [-0.1, -0.05) is 6.92 Å². The predicted molar refractivity (Wildman–Crippen MR) is 70.1 cm³/mol. The standard InChI is InChI=1S/C13H18FNOS/c1-4-7-15(9(2)3)13(16)11-8-10(17)5-6-12(11)14/h5-6,8-9,17H,4,7H2,1-3H3. The first-order valence-corrected chi connectivity index (χ1v) is 6.21. The summed E-state index contributed by atoms with van der Waals surface area (Å²) in [4.78, 5) is 14.5. The van der Waals surface area contributed by atoms with Gasteiger partial charge >= 0.3 is 0 Å². The van der Waals surface area contributed by atoms with Crippen molar-refractivity contribution < 1.29 is 9.18 Å². The minimum Gasteiger partial charge on any atom is -0.336 e. The Hall–Kier alpha value is -1.03. The first-order chi connectivity index (χ1) is 7.97. The van der Waals surface area contributed by atoms with E-state index in [0.717, 1.165) is 6.42 Å². The van der Waals surface area contributed by atoms with E-state index in [2.05, 4.69) is 12.6 Å². The van der Waals surface area contributed by atoms with Gasteiger partial charge in [0.15, 0.2) is 0 Å². The van der Waals surface area contributed by atoms with Gasteiger partial charge in [0, 0.05) is 17.5 Å². The van der Waals surface area contributed by atoms with Crippen molar-refractivity contribution in [1.29, 1.82) is 0 Å². The van der Waals surface area contributed by atoms with Gasteiger partial charge in [0.2, 0.25) is 0 Å². The van der Waals surface area contributed by atoms with E-state index in [4.69, 9.17) is 0 Å². The maximum absolute atomic E-state index is 13.6. The number of hydrogen-bond acceptors (Lipinski definition) is 2. The Morgan fingerprint density at radius 1 is 1.47 bits per heavy atom. The molecule has 0 saturated heterocycles. The molecule has 0 unspecified atom stereocenters. The highest BCUT2D eigenvalue weighted by molar-refractivity contribution is 7.80. The number of thiol groups is 1. The van der Waals surface area contributed by atoms with Crippen LogP contribution < -0.4 is 0 Å². The van der Waals surface area contributed by atoms with E-state index in [1.54, 1.807) is 4.90 Å². The van der Waals surface area contributed by atoms with Crippen molar-refractivity contribution in [3.05, 3.63) is 29.6 Å². The number of benzene rings is 1. The second-order valence-electron chi connectivity index (χ2n) is 4.26. The fourth-order valence-electron chi connectivity index (χ4n) is 1.67. The van der Waals surface area contributed by atoms with Crippen molar-refractivity contribution >= 4 is 18.5 Å². The lowest BCUT2D eigenvalue weighted by atomic mass is 10.1. The van der Waals surface area contributed by atoms with Crippen LogP contribution in [0, 0.1) is 5.82 Å². The molecule has 0 aliphatic rings. The van der Waals surface area contributed by atoms with E-state index in [1.165, 1.54) is 18.2 Å². The Kier molecular flexibility index (Phi) is 5.00. The van der Waals surface area contributed by atoms with Gasteiger partial charge in [-0.05, 0) is 38.5 Å². The Morgan fingerprint density at radius 2 is 2.12 bits per heavy atom. The third kappa shape index (κ3) is 3.46. The van der Waals surface area contributed by atoms with Gasteiger partial charge in [0.1, 0.15) is 5.82 Å². The van der Waals surface area contributed by atoms with Crippen molar-refractivity contribution in [3.63, 3.8) is 0 Å². The van der Waals surface area contributed by atoms with Crippen molar-refractivity contribution in [2.24, 2.45) is 0 Å². The van der Waals surface area contributed by atoms with Crippen molar-refractivity contribution in [2.75, 3.05) is 6.54 Å². The molecule has 0 N–H and O–H groups in total. The number of carbonyl (C=O) groups is 1. The summed E-state index contributed by atoms with van der Waals surface area (Å²) in [7, 11) is 0. The van der Waals surface area contributed by atoms with Crippen LogP contribution in [0.4, 0.5) is 4.39 Å². The van der Waals surface area contributed by atoms with E-state index in [-0.39, 0.29) is 17.5 Å². The highest BCUT2D eigenvalue weighted by Gasteiger charge is 2.20. The number of hydrogen-bond donors (Lipinski definition) is 1.